The van der Waals surface area contributed by atoms with E-state index in [2.05, 4.69) is 10.5 Å². The monoisotopic (exact) mass is 355 g/mol. The number of carbonyl (C=O) groups is 2. The molecule has 26 heavy (non-hydrogen) atoms. The van der Waals surface area contributed by atoms with Crippen molar-refractivity contribution in [1.29, 1.82) is 0 Å². The molecule has 0 aliphatic rings. The number of amides is 2. The van der Waals surface area contributed by atoms with Crippen molar-refractivity contribution in [2.24, 2.45) is 5.10 Å². The SMILES string of the molecule is COc1cc(/C=N/NC(=O)c2cccc(/C=C/C(=O)NO)c2)ccc1O. The van der Waals surface area contributed by atoms with Crippen LogP contribution in [0.2, 0.25) is 0 Å². The van der Waals surface area contributed by atoms with Crippen LogP contribution in [0, 0.1) is 0 Å². The first-order valence-electron chi connectivity index (χ1n) is 7.46. The lowest BCUT2D eigenvalue weighted by molar-refractivity contribution is -0.124. The van der Waals surface area contributed by atoms with Gasteiger partial charge in [0.1, 0.15) is 0 Å². The smallest absolute Gasteiger partial charge is 0.271 e. The Labute approximate surface area is 149 Å². The third-order valence-electron chi connectivity index (χ3n) is 3.27. The van der Waals surface area contributed by atoms with Gasteiger partial charge in [0.25, 0.3) is 11.8 Å². The van der Waals surface area contributed by atoms with Crippen molar-refractivity contribution in [1.82, 2.24) is 10.9 Å². The highest BCUT2D eigenvalue weighted by molar-refractivity contribution is 5.96. The van der Waals surface area contributed by atoms with Gasteiger partial charge in [-0.25, -0.2) is 10.9 Å². The zero-order valence-corrected chi connectivity index (χ0v) is 13.8. The van der Waals surface area contributed by atoms with Crippen LogP contribution in [0.5, 0.6) is 11.5 Å². The molecule has 8 heteroatoms. The summed E-state index contributed by atoms with van der Waals surface area (Å²) in [6.07, 6.45) is 4.00. The summed E-state index contributed by atoms with van der Waals surface area (Å²) in [6.45, 7) is 0. The van der Waals surface area contributed by atoms with E-state index in [1.54, 1.807) is 36.4 Å². The van der Waals surface area contributed by atoms with Crippen molar-refractivity contribution < 1.29 is 24.6 Å². The lowest BCUT2D eigenvalue weighted by Gasteiger charge is -2.04. The summed E-state index contributed by atoms with van der Waals surface area (Å²) < 4.78 is 4.99. The second-order valence-electron chi connectivity index (χ2n) is 5.07. The van der Waals surface area contributed by atoms with Crippen molar-refractivity contribution in [2.75, 3.05) is 7.11 Å². The molecule has 0 aliphatic carbocycles. The van der Waals surface area contributed by atoms with Crippen LogP contribution in [0.3, 0.4) is 0 Å². The molecule has 134 valence electrons. The number of phenols is 1. The van der Waals surface area contributed by atoms with E-state index in [0.29, 0.717) is 22.4 Å². The molecule has 0 heterocycles. The number of phenolic OH excluding ortho intramolecular Hbond substituents is 1. The highest BCUT2D eigenvalue weighted by Crippen LogP contribution is 2.25. The number of hydrogen-bond acceptors (Lipinski definition) is 6. The molecule has 2 amide bonds. The molecule has 0 saturated carbocycles. The third kappa shape index (κ3) is 5.18. The molecule has 0 aromatic heterocycles. The predicted octanol–water partition coefficient (Wildman–Crippen LogP) is 1.68. The third-order valence-corrected chi connectivity index (χ3v) is 3.27. The Hall–Kier alpha value is -3.65. The molecule has 2 rings (SSSR count). The summed E-state index contributed by atoms with van der Waals surface area (Å²) in [5, 5.41) is 21.8. The van der Waals surface area contributed by atoms with E-state index in [0.717, 1.165) is 6.08 Å². The number of nitrogens with one attached hydrogen (secondary N) is 2. The highest BCUT2D eigenvalue weighted by atomic mass is 16.5. The first-order chi connectivity index (χ1) is 12.5. The summed E-state index contributed by atoms with van der Waals surface area (Å²) in [5.41, 5.74) is 5.45. The summed E-state index contributed by atoms with van der Waals surface area (Å²) in [7, 11) is 1.43. The van der Waals surface area contributed by atoms with Crippen LogP contribution in [-0.2, 0) is 4.79 Å². The summed E-state index contributed by atoms with van der Waals surface area (Å²) in [5.74, 6) is -0.803. The van der Waals surface area contributed by atoms with Crippen LogP contribution >= 0.6 is 0 Å². The molecule has 0 fully saturated rings. The Morgan fingerprint density at radius 2 is 1.96 bits per heavy atom. The first-order valence-corrected chi connectivity index (χ1v) is 7.46. The number of benzene rings is 2. The number of methoxy groups -OCH3 is 1. The van der Waals surface area contributed by atoms with E-state index in [4.69, 9.17) is 9.94 Å². The lowest BCUT2D eigenvalue weighted by atomic mass is 10.1. The quantitative estimate of drug-likeness (QED) is 0.272. The Morgan fingerprint density at radius 3 is 2.69 bits per heavy atom. The Kier molecular flexibility index (Phi) is 6.47. The van der Waals surface area contributed by atoms with Crippen LogP contribution in [0.1, 0.15) is 21.5 Å². The van der Waals surface area contributed by atoms with E-state index < -0.39 is 11.8 Å². The van der Waals surface area contributed by atoms with Gasteiger partial charge in [0.15, 0.2) is 11.5 Å². The lowest BCUT2D eigenvalue weighted by Crippen LogP contribution is -2.17. The second kappa shape index (κ2) is 9.00. The maximum absolute atomic E-state index is 12.1. The molecule has 2 aromatic carbocycles. The summed E-state index contributed by atoms with van der Waals surface area (Å²) >= 11 is 0. The average molecular weight is 355 g/mol. The second-order valence-corrected chi connectivity index (χ2v) is 5.07. The molecule has 0 bridgehead atoms. The number of carbonyl (C=O) groups excluding carboxylic acids is 2. The van der Waals surface area contributed by atoms with E-state index in [1.807, 2.05) is 0 Å². The summed E-state index contributed by atoms with van der Waals surface area (Å²) in [4.78, 5) is 23.1. The number of hydroxylamine groups is 1. The molecule has 0 atom stereocenters. The number of hydrogen-bond donors (Lipinski definition) is 4. The van der Waals surface area contributed by atoms with Gasteiger partial charge in [-0.3, -0.25) is 14.8 Å². The topological polar surface area (TPSA) is 120 Å². The fourth-order valence-corrected chi connectivity index (χ4v) is 2.00. The predicted molar refractivity (Wildman–Crippen MR) is 95.1 cm³/mol. The van der Waals surface area contributed by atoms with Crippen molar-refractivity contribution in [3.63, 3.8) is 0 Å². The Balaban J connectivity index is 2.03. The Morgan fingerprint density at radius 1 is 1.15 bits per heavy atom. The van der Waals surface area contributed by atoms with Gasteiger partial charge >= 0.3 is 0 Å². The number of rotatable bonds is 6. The molecule has 0 saturated heterocycles. The van der Waals surface area contributed by atoms with Gasteiger partial charge < -0.3 is 9.84 Å². The number of nitrogens with zero attached hydrogens (tertiary/aromatic N) is 1. The molecule has 2 aromatic rings. The van der Waals surface area contributed by atoms with Crippen LogP contribution < -0.4 is 15.6 Å². The zero-order valence-electron chi connectivity index (χ0n) is 13.8. The molecular weight excluding hydrogens is 338 g/mol. The molecule has 0 radical (unpaired) electrons. The maximum atomic E-state index is 12.1. The van der Waals surface area contributed by atoms with Crippen molar-refractivity contribution >= 4 is 24.1 Å². The van der Waals surface area contributed by atoms with Gasteiger partial charge in [0, 0.05) is 11.6 Å². The van der Waals surface area contributed by atoms with Gasteiger partial charge in [-0.05, 0) is 47.5 Å². The van der Waals surface area contributed by atoms with Crippen LogP contribution in [0.4, 0.5) is 0 Å². The normalized spacial score (nSPS) is 10.8. The first kappa shape index (κ1) is 18.7. The van der Waals surface area contributed by atoms with Gasteiger partial charge in [-0.15, -0.1) is 0 Å². The minimum Gasteiger partial charge on any atom is -0.504 e. The number of ether oxygens (including phenoxy) is 1. The molecular formula is C18H17N3O5. The van der Waals surface area contributed by atoms with Gasteiger partial charge in [-0.1, -0.05) is 12.1 Å². The van der Waals surface area contributed by atoms with E-state index in [-0.39, 0.29) is 5.75 Å². The number of hydrazone groups is 1. The maximum Gasteiger partial charge on any atom is 0.271 e. The standard InChI is InChI=1S/C18H17N3O5/c1-26-16-10-13(5-7-15(16)22)11-19-20-18(24)14-4-2-3-12(9-14)6-8-17(23)21-25/h2-11,22,25H,1H3,(H,20,24)(H,21,23)/b8-6+,19-11+. The minimum atomic E-state index is -0.672. The molecule has 0 spiro atoms. The molecule has 0 unspecified atom stereocenters. The van der Waals surface area contributed by atoms with Gasteiger partial charge in [0.2, 0.25) is 0 Å². The fourth-order valence-electron chi connectivity index (χ4n) is 2.00. The molecule has 8 nitrogen and oxygen atoms in total. The van der Waals surface area contributed by atoms with E-state index >= 15 is 0 Å². The van der Waals surface area contributed by atoms with Crippen molar-refractivity contribution in [2.45, 2.75) is 0 Å². The fraction of sp³-hybridized carbons (Fsp3) is 0.0556. The van der Waals surface area contributed by atoms with E-state index in [9.17, 15) is 14.7 Å². The average Bonchev–Trinajstić information content (AvgIpc) is 2.67. The molecule has 4 N–H and O–H groups in total. The minimum absolute atomic E-state index is 0.00781. The zero-order chi connectivity index (χ0) is 18.9. The van der Waals surface area contributed by atoms with Crippen LogP contribution in [-0.4, -0.2) is 35.5 Å². The summed E-state index contributed by atoms with van der Waals surface area (Å²) in [6, 6.07) is 11.2. The number of aromatic hydroxyl groups is 1. The molecule has 0 aliphatic heterocycles. The van der Waals surface area contributed by atoms with Gasteiger partial charge in [-0.2, -0.15) is 5.10 Å². The van der Waals surface area contributed by atoms with Gasteiger partial charge in [0.05, 0.1) is 13.3 Å². The Bertz CT molecular complexity index is 862. The largest absolute Gasteiger partial charge is 0.504 e. The highest BCUT2D eigenvalue weighted by Gasteiger charge is 2.05. The van der Waals surface area contributed by atoms with Crippen molar-refractivity contribution in [3.8, 4) is 11.5 Å². The van der Waals surface area contributed by atoms with Crippen LogP contribution in [0.15, 0.2) is 53.6 Å². The van der Waals surface area contributed by atoms with Crippen molar-refractivity contribution in [3.05, 3.63) is 65.2 Å². The van der Waals surface area contributed by atoms with E-state index in [1.165, 1.54) is 30.9 Å². The van der Waals surface area contributed by atoms with Crippen LogP contribution in [0.25, 0.3) is 6.08 Å².